The van der Waals surface area contributed by atoms with E-state index in [9.17, 15) is 4.79 Å². The van der Waals surface area contributed by atoms with Gasteiger partial charge in [-0.3, -0.25) is 4.90 Å². The summed E-state index contributed by atoms with van der Waals surface area (Å²) >= 11 is 0. The van der Waals surface area contributed by atoms with Gasteiger partial charge in [0, 0.05) is 19.7 Å². The van der Waals surface area contributed by atoms with Gasteiger partial charge in [0.2, 0.25) is 0 Å². The fourth-order valence-corrected chi connectivity index (χ4v) is 2.69. The number of methoxy groups -OCH3 is 1. The summed E-state index contributed by atoms with van der Waals surface area (Å²) in [6.07, 6.45) is 3.62. The summed E-state index contributed by atoms with van der Waals surface area (Å²) in [6.45, 7) is 2.61. The van der Waals surface area contributed by atoms with Crippen molar-refractivity contribution in [2.24, 2.45) is 0 Å². The molecular weight excluding hydrogens is 242 g/mol. The molecule has 19 heavy (non-hydrogen) atoms. The minimum Gasteiger partial charge on any atom is -0.478 e. The van der Waals surface area contributed by atoms with Gasteiger partial charge in [0.05, 0.1) is 12.2 Å². The third-order valence-corrected chi connectivity index (χ3v) is 3.67. The molecule has 1 N–H and O–H groups in total. The second kappa shape index (κ2) is 6.68. The van der Waals surface area contributed by atoms with Crippen LogP contribution in [0.5, 0.6) is 0 Å². The zero-order valence-corrected chi connectivity index (χ0v) is 11.3. The van der Waals surface area contributed by atoms with E-state index in [0.717, 1.165) is 31.7 Å². The zero-order chi connectivity index (χ0) is 13.7. The highest BCUT2D eigenvalue weighted by atomic mass is 16.5. The first kappa shape index (κ1) is 14.0. The molecule has 1 aliphatic heterocycles. The largest absolute Gasteiger partial charge is 0.478 e. The molecule has 1 atom stereocenters. The molecule has 2 rings (SSSR count). The Morgan fingerprint density at radius 3 is 3.05 bits per heavy atom. The third-order valence-electron chi connectivity index (χ3n) is 3.67. The number of rotatable bonds is 5. The topological polar surface area (TPSA) is 49.8 Å². The molecule has 0 saturated carbocycles. The predicted octanol–water partition coefficient (Wildman–Crippen LogP) is 2.39. The molecule has 1 aliphatic rings. The van der Waals surface area contributed by atoms with Gasteiger partial charge in [-0.15, -0.1) is 0 Å². The van der Waals surface area contributed by atoms with Crippen molar-refractivity contribution in [3.05, 3.63) is 35.4 Å². The molecule has 0 radical (unpaired) electrons. The van der Waals surface area contributed by atoms with Gasteiger partial charge in [0.1, 0.15) is 0 Å². The molecule has 0 spiro atoms. The normalized spacial score (nSPS) is 20.4. The smallest absolute Gasteiger partial charge is 0.335 e. The first-order valence-corrected chi connectivity index (χ1v) is 6.76. The van der Waals surface area contributed by atoms with Gasteiger partial charge >= 0.3 is 5.97 Å². The fraction of sp³-hybridized carbons (Fsp3) is 0.533. The number of piperidine rings is 1. The summed E-state index contributed by atoms with van der Waals surface area (Å²) in [4.78, 5) is 13.4. The Labute approximate surface area is 114 Å². The van der Waals surface area contributed by atoms with Gasteiger partial charge in [-0.1, -0.05) is 18.6 Å². The molecule has 1 heterocycles. The van der Waals surface area contributed by atoms with E-state index in [1.807, 2.05) is 12.1 Å². The Balaban J connectivity index is 2.06. The molecule has 1 aromatic carbocycles. The molecule has 1 fully saturated rings. The van der Waals surface area contributed by atoms with Crippen LogP contribution in [-0.2, 0) is 11.3 Å². The van der Waals surface area contributed by atoms with E-state index in [-0.39, 0.29) is 0 Å². The van der Waals surface area contributed by atoms with Crippen LogP contribution in [0.15, 0.2) is 24.3 Å². The minimum absolute atomic E-state index is 0.359. The van der Waals surface area contributed by atoms with Crippen LogP contribution in [0.3, 0.4) is 0 Å². The fourth-order valence-electron chi connectivity index (χ4n) is 2.69. The van der Waals surface area contributed by atoms with E-state index in [1.165, 1.54) is 12.8 Å². The number of ether oxygens (including phenoxy) is 1. The first-order valence-electron chi connectivity index (χ1n) is 6.76. The predicted molar refractivity (Wildman–Crippen MR) is 73.3 cm³/mol. The van der Waals surface area contributed by atoms with Crippen molar-refractivity contribution in [1.29, 1.82) is 0 Å². The van der Waals surface area contributed by atoms with Gasteiger partial charge in [-0.05, 0) is 37.1 Å². The van der Waals surface area contributed by atoms with E-state index in [4.69, 9.17) is 9.84 Å². The van der Waals surface area contributed by atoms with Crippen molar-refractivity contribution >= 4 is 5.97 Å². The highest BCUT2D eigenvalue weighted by Gasteiger charge is 2.22. The van der Waals surface area contributed by atoms with Crippen molar-refractivity contribution < 1.29 is 14.6 Å². The van der Waals surface area contributed by atoms with Crippen molar-refractivity contribution in [2.45, 2.75) is 31.8 Å². The Hall–Kier alpha value is -1.39. The summed E-state index contributed by atoms with van der Waals surface area (Å²) in [5.74, 6) is -0.867. The lowest BCUT2D eigenvalue weighted by Gasteiger charge is -2.35. The summed E-state index contributed by atoms with van der Waals surface area (Å²) in [5.41, 5.74) is 1.42. The standard InChI is InChI=1S/C15H21NO3/c1-19-11-14-7-2-3-8-16(14)10-12-5-4-6-13(9-12)15(17)18/h4-6,9,14H,2-3,7-8,10-11H2,1H3,(H,17,18). The molecule has 4 nitrogen and oxygen atoms in total. The summed E-state index contributed by atoms with van der Waals surface area (Å²) in [7, 11) is 1.73. The number of likely N-dealkylation sites (tertiary alicyclic amines) is 1. The van der Waals surface area contributed by atoms with Crippen LogP contribution in [-0.4, -0.2) is 42.3 Å². The van der Waals surface area contributed by atoms with E-state index < -0.39 is 5.97 Å². The first-order chi connectivity index (χ1) is 9.20. The monoisotopic (exact) mass is 263 g/mol. The molecule has 1 saturated heterocycles. The number of nitrogens with zero attached hydrogens (tertiary/aromatic N) is 1. The Morgan fingerprint density at radius 1 is 1.47 bits per heavy atom. The second-order valence-corrected chi connectivity index (χ2v) is 5.08. The van der Waals surface area contributed by atoms with Crippen LogP contribution in [0.25, 0.3) is 0 Å². The van der Waals surface area contributed by atoms with Crippen molar-refractivity contribution in [2.75, 3.05) is 20.3 Å². The van der Waals surface area contributed by atoms with Crippen LogP contribution < -0.4 is 0 Å². The van der Waals surface area contributed by atoms with Crippen LogP contribution >= 0.6 is 0 Å². The van der Waals surface area contributed by atoms with E-state index in [0.29, 0.717) is 11.6 Å². The van der Waals surface area contributed by atoms with Crippen LogP contribution in [0.4, 0.5) is 0 Å². The van der Waals surface area contributed by atoms with Crippen molar-refractivity contribution in [3.63, 3.8) is 0 Å². The number of carboxylic acids is 1. The number of carboxylic acid groups (broad SMARTS) is 1. The lowest BCUT2D eigenvalue weighted by molar-refractivity contribution is 0.0599. The molecule has 0 aliphatic carbocycles. The van der Waals surface area contributed by atoms with E-state index in [2.05, 4.69) is 4.90 Å². The molecule has 0 bridgehead atoms. The molecule has 4 heteroatoms. The Bertz CT molecular complexity index is 431. The van der Waals surface area contributed by atoms with Gasteiger partial charge in [0.25, 0.3) is 0 Å². The molecule has 1 unspecified atom stereocenters. The Kier molecular flexibility index (Phi) is 4.93. The molecule has 1 aromatic rings. The van der Waals surface area contributed by atoms with Crippen LogP contribution in [0, 0.1) is 0 Å². The maximum absolute atomic E-state index is 11.0. The van der Waals surface area contributed by atoms with Gasteiger partial charge in [-0.25, -0.2) is 4.79 Å². The lowest BCUT2D eigenvalue weighted by atomic mass is 10.0. The lowest BCUT2D eigenvalue weighted by Crippen LogP contribution is -2.41. The van der Waals surface area contributed by atoms with Crippen LogP contribution in [0.1, 0.15) is 35.2 Å². The maximum Gasteiger partial charge on any atom is 0.335 e. The maximum atomic E-state index is 11.0. The SMILES string of the molecule is COCC1CCCCN1Cc1cccc(C(=O)O)c1. The minimum atomic E-state index is -0.867. The van der Waals surface area contributed by atoms with Gasteiger partial charge in [-0.2, -0.15) is 0 Å². The quantitative estimate of drug-likeness (QED) is 0.886. The van der Waals surface area contributed by atoms with Crippen molar-refractivity contribution in [1.82, 2.24) is 4.90 Å². The number of carbonyl (C=O) groups is 1. The molecule has 0 aromatic heterocycles. The molecule has 0 amide bonds. The van der Waals surface area contributed by atoms with Gasteiger partial charge in [0.15, 0.2) is 0 Å². The van der Waals surface area contributed by atoms with Crippen LogP contribution in [0.2, 0.25) is 0 Å². The van der Waals surface area contributed by atoms with Gasteiger partial charge < -0.3 is 9.84 Å². The van der Waals surface area contributed by atoms with E-state index >= 15 is 0 Å². The number of hydrogen-bond acceptors (Lipinski definition) is 3. The average Bonchev–Trinajstić information content (AvgIpc) is 2.41. The third kappa shape index (κ3) is 3.78. The highest BCUT2D eigenvalue weighted by Crippen LogP contribution is 2.20. The molecule has 104 valence electrons. The number of hydrogen-bond donors (Lipinski definition) is 1. The second-order valence-electron chi connectivity index (χ2n) is 5.08. The van der Waals surface area contributed by atoms with E-state index in [1.54, 1.807) is 19.2 Å². The summed E-state index contributed by atoms with van der Waals surface area (Å²) < 4.78 is 5.28. The zero-order valence-electron chi connectivity index (χ0n) is 11.3. The molecular formula is C15H21NO3. The highest BCUT2D eigenvalue weighted by molar-refractivity contribution is 5.87. The number of aromatic carboxylic acids is 1. The van der Waals surface area contributed by atoms with Crippen molar-refractivity contribution in [3.8, 4) is 0 Å². The summed E-state index contributed by atoms with van der Waals surface area (Å²) in [5, 5.41) is 9.02. The Morgan fingerprint density at radius 2 is 2.32 bits per heavy atom. The number of benzene rings is 1. The average molecular weight is 263 g/mol. The summed E-state index contributed by atoms with van der Waals surface area (Å²) in [6, 6.07) is 7.65.